The van der Waals surface area contributed by atoms with E-state index < -0.39 is 148 Å². The molecule has 2 aromatic rings. The molecule has 2 heterocycles. The molecule has 3 aliphatic rings. The van der Waals surface area contributed by atoms with Crippen molar-refractivity contribution in [2.24, 2.45) is 4.99 Å². The molecule has 0 spiro atoms. The third kappa shape index (κ3) is 18.5. The normalized spacial score (nSPS) is 13.2. The number of benzene rings is 3. The maximum absolute atomic E-state index is 14.0. The van der Waals surface area contributed by atoms with Gasteiger partial charge >= 0.3 is 206 Å². The zero-order valence-electron chi connectivity index (χ0n) is 33.0. The summed E-state index contributed by atoms with van der Waals surface area (Å²) in [5.41, 5.74) is -1.32. The molecule has 2 aromatic carbocycles. The average Bonchev–Trinajstić information content (AvgIpc) is 3.10. The van der Waals surface area contributed by atoms with E-state index in [1.165, 1.54) is 18.2 Å². The van der Waals surface area contributed by atoms with E-state index in [1.807, 2.05) is 0 Å². The fraction of sp³-hybridized carbons (Fsp3) is 0.308. The number of sulfone groups is 2. The molecular formula is C26H22Cl2K4N4O22S6. The molecule has 0 atom stereocenters. The Labute approximate surface area is 545 Å². The van der Waals surface area contributed by atoms with Crippen LogP contribution < -0.4 is 226 Å². The quantitative estimate of drug-likeness (QED) is 0.0255. The smallest absolute Gasteiger partial charge is 0.726 e. The number of anilines is 3. The van der Waals surface area contributed by atoms with Crippen molar-refractivity contribution in [1.82, 2.24) is 4.98 Å². The molecule has 26 nitrogen and oxygen atoms in total. The number of nitrogens with zero attached hydrogens (tertiary/aromatic N) is 2. The van der Waals surface area contributed by atoms with Crippen molar-refractivity contribution in [3.8, 4) is 23.0 Å². The summed E-state index contributed by atoms with van der Waals surface area (Å²) in [6.07, 6.45) is 0. The van der Waals surface area contributed by atoms with Crippen LogP contribution >= 0.6 is 23.2 Å². The van der Waals surface area contributed by atoms with Gasteiger partial charge in [0.1, 0.15) is 36.7 Å². The summed E-state index contributed by atoms with van der Waals surface area (Å²) in [7, 11) is -31.9. The van der Waals surface area contributed by atoms with Crippen molar-refractivity contribution in [3.63, 3.8) is 0 Å². The van der Waals surface area contributed by atoms with Crippen LogP contribution in [0, 0.1) is 0 Å². The summed E-state index contributed by atoms with van der Waals surface area (Å²) in [6.45, 7) is -5.41. The van der Waals surface area contributed by atoms with Gasteiger partial charge in [-0.05, 0) is 12.1 Å². The van der Waals surface area contributed by atoms with Crippen molar-refractivity contribution < 1.29 is 300 Å². The van der Waals surface area contributed by atoms with Crippen LogP contribution in [-0.4, -0.2) is 125 Å². The predicted octanol–water partition coefficient (Wildman–Crippen LogP) is -12.1. The molecule has 0 radical (unpaired) electrons. The van der Waals surface area contributed by atoms with Gasteiger partial charge in [0.2, 0.25) is 41.6 Å². The minimum Gasteiger partial charge on any atom is -0.726 e. The minimum absolute atomic E-state index is 0. The second-order valence-electron chi connectivity index (χ2n) is 11.4. The number of nitrogens with one attached hydrogen (secondary N) is 2. The van der Waals surface area contributed by atoms with E-state index in [1.54, 1.807) is 0 Å². The Morgan fingerprint density at radius 2 is 1.20 bits per heavy atom. The number of rotatable bonds is 19. The van der Waals surface area contributed by atoms with E-state index in [9.17, 15) is 68.7 Å². The molecule has 0 unspecified atom stereocenters. The van der Waals surface area contributed by atoms with Crippen LogP contribution in [0.1, 0.15) is 0 Å². The van der Waals surface area contributed by atoms with Gasteiger partial charge < -0.3 is 38.0 Å². The summed E-state index contributed by atoms with van der Waals surface area (Å²) in [4.78, 5) is 5.35. The zero-order chi connectivity index (χ0) is 44.6. The summed E-state index contributed by atoms with van der Waals surface area (Å²) in [5, 5.41) is 4.02. The number of hydrogen-bond donors (Lipinski definition) is 2. The molecule has 0 saturated carbocycles. The zero-order valence-corrected chi connectivity index (χ0v) is 52.0. The van der Waals surface area contributed by atoms with Crippen LogP contribution in [0.25, 0.3) is 22.6 Å². The maximum Gasteiger partial charge on any atom is 1.00 e. The van der Waals surface area contributed by atoms with Gasteiger partial charge in [0, 0.05) is 24.4 Å². The molecule has 5 rings (SSSR count). The fourth-order valence-corrected chi connectivity index (χ4v) is 10.4. The van der Waals surface area contributed by atoms with Crippen molar-refractivity contribution in [2.45, 2.75) is 9.79 Å². The Bertz CT molecular complexity index is 3110. The number of halogens is 2. The first-order chi connectivity index (χ1) is 27.6. The fourth-order valence-electron chi connectivity index (χ4n) is 5.15. The molecule has 0 fully saturated rings. The Morgan fingerprint density at radius 1 is 0.688 bits per heavy atom. The predicted molar refractivity (Wildman–Crippen MR) is 196 cm³/mol. The number of aromatic nitrogens is 1. The Hall–Kier alpha value is 2.97. The first-order valence-corrected chi connectivity index (χ1v) is 25.0. The average molecular weight is 1160 g/mol. The molecule has 332 valence electrons. The standard InChI is InChI=1S/C26H26Cl2N4O22S6.4K/c27-18-21-23(53-16-11-13(1-2-14(16)31-21)29-3-5-49-57(37,38)39)19(28)22-24(18)54-17-12-15(30-4-6-50-58(40,41)42)25(55(33,34)9-7-51-59(43,44)45)26(20(17)32-22)56(35,36)10-8-52-60(46,47)48;;;;/h1-2,11-12,29,31H,3-10H2,(H,37,38,39)(H,40,41,42)(H,43,44,45)(H,46,47,48);;;;/q;4*+1/p-4. The SMILES string of the molecule is O=S(=O)([O-])OCCN=c1cc2oc3c(Cl)c4c(c(Cl)c3nc-2c(S(=O)(=O)CCOS(=O)(=O)[O-])c1S(=O)(=O)CCOS(=O)(=O)[O-])Oc1cc(NCCOS(=O)(=O)[O-])ccc1N4.[K+].[K+].[K+].[K+]. The van der Waals surface area contributed by atoms with Crippen LogP contribution in [0.2, 0.25) is 10.0 Å². The van der Waals surface area contributed by atoms with Crippen LogP contribution in [-0.2, 0) is 78.0 Å². The third-order valence-corrected chi connectivity index (χ3v) is 13.5. The van der Waals surface area contributed by atoms with Crippen molar-refractivity contribution in [3.05, 3.63) is 39.7 Å². The van der Waals surface area contributed by atoms with E-state index in [2.05, 4.69) is 37.3 Å². The second-order valence-corrected chi connectivity index (χ2v) is 20.5. The van der Waals surface area contributed by atoms with Gasteiger partial charge in [-0.15, -0.1) is 0 Å². The van der Waals surface area contributed by atoms with E-state index in [0.717, 1.165) is 6.07 Å². The maximum atomic E-state index is 14.0. The number of ether oxygens (including phenoxy) is 1. The van der Waals surface area contributed by atoms with Gasteiger partial charge in [0.25, 0.3) is 0 Å². The minimum atomic E-state index is -5.53. The van der Waals surface area contributed by atoms with E-state index in [-0.39, 0.29) is 240 Å². The van der Waals surface area contributed by atoms with Gasteiger partial charge in [-0.25, -0.2) is 55.5 Å². The monoisotopic (exact) mass is 1160 g/mol. The van der Waals surface area contributed by atoms with Crippen LogP contribution in [0.5, 0.6) is 11.5 Å². The molecule has 0 amide bonds. The van der Waals surface area contributed by atoms with Crippen molar-refractivity contribution in [1.29, 1.82) is 0 Å². The summed E-state index contributed by atoms with van der Waals surface area (Å²) >= 11 is 13.4. The Morgan fingerprint density at radius 3 is 1.75 bits per heavy atom. The molecule has 0 bridgehead atoms. The van der Waals surface area contributed by atoms with Gasteiger partial charge in [-0.1, -0.05) is 23.2 Å². The number of hydrogen-bond acceptors (Lipinski definition) is 26. The summed E-state index contributed by atoms with van der Waals surface area (Å²) < 4.78 is 216. The summed E-state index contributed by atoms with van der Waals surface area (Å²) in [5.74, 6) is -3.83. The largest absolute Gasteiger partial charge is 1.00 e. The molecule has 0 saturated heterocycles. The first-order valence-electron chi connectivity index (χ1n) is 15.6. The number of fused-ring (bicyclic) bond motifs is 4. The first kappa shape index (κ1) is 65.0. The van der Waals surface area contributed by atoms with Crippen molar-refractivity contribution >= 4 is 113 Å². The molecular weight excluding hydrogens is 1140 g/mol. The Kier molecular flexibility index (Phi) is 26.7. The van der Waals surface area contributed by atoms with E-state index in [0.29, 0.717) is 5.69 Å². The molecule has 2 aliphatic heterocycles. The molecule has 64 heavy (non-hydrogen) atoms. The summed E-state index contributed by atoms with van der Waals surface area (Å²) in [6, 6.07) is 5.11. The molecule has 1 aliphatic carbocycles. The second kappa shape index (κ2) is 26.3. The van der Waals surface area contributed by atoms with E-state index in [4.69, 9.17) is 32.4 Å². The van der Waals surface area contributed by atoms with Crippen LogP contribution in [0.15, 0.2) is 43.5 Å². The topological polar surface area (TPSA) is 406 Å². The molecule has 38 heteroatoms. The Balaban J connectivity index is 0.00000512. The van der Waals surface area contributed by atoms with Gasteiger partial charge in [-0.3, -0.25) is 21.7 Å². The van der Waals surface area contributed by atoms with Crippen LogP contribution in [0.3, 0.4) is 0 Å². The molecule has 0 aromatic heterocycles. The van der Waals surface area contributed by atoms with Crippen molar-refractivity contribution in [2.75, 3.05) is 61.7 Å². The van der Waals surface area contributed by atoms with Gasteiger partial charge in [0.15, 0.2) is 42.5 Å². The third-order valence-electron chi connectivity index (χ3n) is 7.35. The van der Waals surface area contributed by atoms with Gasteiger partial charge in [-0.2, -0.15) is 0 Å². The molecule has 2 N–H and O–H groups in total. The van der Waals surface area contributed by atoms with E-state index >= 15 is 0 Å². The van der Waals surface area contributed by atoms with Gasteiger partial charge in [0.05, 0.1) is 55.5 Å². The van der Waals surface area contributed by atoms with Crippen LogP contribution in [0.4, 0.5) is 17.1 Å².